The molecule has 0 saturated heterocycles. The summed E-state index contributed by atoms with van der Waals surface area (Å²) in [6.45, 7) is -1.30. The highest BCUT2D eigenvalue weighted by Crippen LogP contribution is 2.19. The molecule has 0 aromatic heterocycles. The Morgan fingerprint density at radius 1 is 1.38 bits per heavy atom. The predicted molar refractivity (Wildman–Crippen MR) is 56.8 cm³/mol. The smallest absolute Gasteiger partial charge is 0.389 e. The van der Waals surface area contributed by atoms with Gasteiger partial charge in [-0.2, -0.15) is 13.2 Å². The summed E-state index contributed by atoms with van der Waals surface area (Å²) in [5, 5.41) is 1.93. The molecule has 88 valence electrons. The van der Waals surface area contributed by atoms with Gasteiger partial charge in [-0.05, 0) is 18.2 Å². The van der Waals surface area contributed by atoms with Crippen molar-refractivity contribution in [1.29, 1.82) is 0 Å². The normalized spacial score (nSPS) is 11.2. The van der Waals surface area contributed by atoms with Gasteiger partial charge < -0.3 is 11.1 Å². The molecular formula is C9H8F4N2S. The summed E-state index contributed by atoms with van der Waals surface area (Å²) in [5.74, 6) is -0.824. The molecule has 0 radical (unpaired) electrons. The number of halogens is 4. The molecular weight excluding hydrogens is 244 g/mol. The third-order valence-electron chi connectivity index (χ3n) is 1.73. The summed E-state index contributed by atoms with van der Waals surface area (Å²) in [6, 6.07) is 3.50. The standard InChI is InChI=1S/C9H8F4N2S/c10-6-3-5(8(14)16)1-2-7(6)15-4-9(11,12)13/h1-3,15H,4H2,(H2,14,16). The van der Waals surface area contributed by atoms with E-state index in [2.05, 4.69) is 12.2 Å². The number of alkyl halides is 3. The third-order valence-corrected chi connectivity index (χ3v) is 1.97. The Morgan fingerprint density at radius 3 is 2.44 bits per heavy atom. The van der Waals surface area contributed by atoms with Gasteiger partial charge in [0, 0.05) is 5.56 Å². The Morgan fingerprint density at radius 2 is 2.00 bits per heavy atom. The number of nitrogens with one attached hydrogen (secondary N) is 1. The zero-order valence-electron chi connectivity index (χ0n) is 7.94. The monoisotopic (exact) mass is 252 g/mol. The number of anilines is 1. The van der Waals surface area contributed by atoms with Crippen molar-refractivity contribution in [3.8, 4) is 0 Å². The number of hydrogen-bond acceptors (Lipinski definition) is 2. The van der Waals surface area contributed by atoms with Gasteiger partial charge in [-0.15, -0.1) is 0 Å². The van der Waals surface area contributed by atoms with Gasteiger partial charge in [-0.25, -0.2) is 4.39 Å². The van der Waals surface area contributed by atoms with E-state index in [9.17, 15) is 17.6 Å². The van der Waals surface area contributed by atoms with Crippen molar-refractivity contribution < 1.29 is 17.6 Å². The van der Waals surface area contributed by atoms with Crippen LogP contribution >= 0.6 is 12.2 Å². The molecule has 0 saturated carbocycles. The fourth-order valence-corrected chi connectivity index (χ4v) is 1.13. The summed E-state index contributed by atoms with van der Waals surface area (Å²) in [5.41, 5.74) is 5.27. The van der Waals surface area contributed by atoms with Crippen molar-refractivity contribution in [2.45, 2.75) is 6.18 Å². The van der Waals surface area contributed by atoms with Crippen molar-refractivity contribution >= 4 is 22.9 Å². The van der Waals surface area contributed by atoms with Gasteiger partial charge in [0.2, 0.25) is 0 Å². The maximum Gasteiger partial charge on any atom is 0.405 e. The van der Waals surface area contributed by atoms with Crippen LogP contribution in [0.4, 0.5) is 23.2 Å². The van der Waals surface area contributed by atoms with Gasteiger partial charge in [0.15, 0.2) is 0 Å². The fourth-order valence-electron chi connectivity index (χ4n) is 1.01. The first-order valence-electron chi connectivity index (χ1n) is 4.19. The average Bonchev–Trinajstić information content (AvgIpc) is 2.14. The first-order chi connectivity index (χ1) is 7.29. The summed E-state index contributed by atoms with van der Waals surface area (Å²) in [7, 11) is 0. The summed E-state index contributed by atoms with van der Waals surface area (Å²) >= 11 is 4.60. The van der Waals surface area contributed by atoms with Gasteiger partial charge in [-0.1, -0.05) is 12.2 Å². The SMILES string of the molecule is NC(=S)c1ccc(NCC(F)(F)F)c(F)c1. The summed E-state index contributed by atoms with van der Waals surface area (Å²) < 4.78 is 48.8. The Kier molecular flexibility index (Phi) is 3.69. The van der Waals surface area contributed by atoms with Gasteiger partial charge in [0.25, 0.3) is 0 Å². The van der Waals surface area contributed by atoms with Crippen LogP contribution in [0.15, 0.2) is 18.2 Å². The highest BCUT2D eigenvalue weighted by atomic mass is 32.1. The molecule has 1 rings (SSSR count). The Balaban J connectivity index is 2.80. The molecule has 0 bridgehead atoms. The van der Waals surface area contributed by atoms with Crippen LogP contribution in [0.5, 0.6) is 0 Å². The first-order valence-corrected chi connectivity index (χ1v) is 4.60. The minimum absolute atomic E-state index is 0.0127. The minimum Gasteiger partial charge on any atom is -0.389 e. The molecule has 1 aromatic carbocycles. The van der Waals surface area contributed by atoms with E-state index in [-0.39, 0.29) is 16.2 Å². The van der Waals surface area contributed by atoms with Crippen LogP contribution in [-0.2, 0) is 0 Å². The molecule has 0 spiro atoms. The van der Waals surface area contributed by atoms with Crippen LogP contribution in [0.1, 0.15) is 5.56 Å². The van der Waals surface area contributed by atoms with E-state index in [1.807, 2.05) is 5.32 Å². The van der Waals surface area contributed by atoms with E-state index in [1.54, 1.807) is 0 Å². The Bertz CT molecular complexity index is 403. The van der Waals surface area contributed by atoms with Gasteiger partial charge in [0.05, 0.1) is 5.69 Å². The fraction of sp³-hybridized carbons (Fsp3) is 0.222. The van der Waals surface area contributed by atoms with Crippen molar-refractivity contribution in [3.05, 3.63) is 29.6 Å². The van der Waals surface area contributed by atoms with Crippen LogP contribution in [0.2, 0.25) is 0 Å². The number of thiocarbonyl (C=S) groups is 1. The van der Waals surface area contributed by atoms with Crippen LogP contribution in [0.25, 0.3) is 0 Å². The highest BCUT2D eigenvalue weighted by molar-refractivity contribution is 7.80. The largest absolute Gasteiger partial charge is 0.405 e. The molecule has 0 aliphatic heterocycles. The van der Waals surface area contributed by atoms with E-state index < -0.39 is 18.5 Å². The van der Waals surface area contributed by atoms with E-state index in [0.717, 1.165) is 12.1 Å². The molecule has 7 heteroatoms. The molecule has 0 atom stereocenters. The van der Waals surface area contributed by atoms with E-state index in [0.29, 0.717) is 0 Å². The average molecular weight is 252 g/mol. The second-order valence-corrected chi connectivity index (χ2v) is 3.47. The molecule has 0 fully saturated rings. The maximum absolute atomic E-state index is 13.2. The highest BCUT2D eigenvalue weighted by Gasteiger charge is 2.27. The Hall–Kier alpha value is -1.37. The number of rotatable bonds is 3. The van der Waals surface area contributed by atoms with Crippen molar-refractivity contribution in [2.75, 3.05) is 11.9 Å². The molecule has 2 nitrogen and oxygen atoms in total. The topological polar surface area (TPSA) is 38.0 Å². The lowest BCUT2D eigenvalue weighted by Crippen LogP contribution is -2.22. The molecule has 3 N–H and O–H groups in total. The van der Waals surface area contributed by atoms with E-state index >= 15 is 0 Å². The Labute approximate surface area is 94.4 Å². The predicted octanol–water partition coefficient (Wildman–Crippen LogP) is 2.43. The van der Waals surface area contributed by atoms with Gasteiger partial charge in [0.1, 0.15) is 17.4 Å². The lowest BCUT2D eigenvalue weighted by molar-refractivity contribution is -0.115. The second kappa shape index (κ2) is 4.65. The summed E-state index contributed by atoms with van der Waals surface area (Å²) in [6.07, 6.45) is -4.39. The van der Waals surface area contributed by atoms with Crippen molar-refractivity contribution in [2.24, 2.45) is 5.73 Å². The maximum atomic E-state index is 13.2. The van der Waals surface area contributed by atoms with E-state index in [4.69, 9.17) is 5.73 Å². The molecule has 0 unspecified atom stereocenters. The zero-order chi connectivity index (χ0) is 12.3. The quantitative estimate of drug-likeness (QED) is 0.641. The lowest BCUT2D eigenvalue weighted by atomic mass is 10.2. The van der Waals surface area contributed by atoms with E-state index in [1.165, 1.54) is 6.07 Å². The number of nitrogens with two attached hydrogens (primary N) is 1. The van der Waals surface area contributed by atoms with Crippen LogP contribution in [0, 0.1) is 5.82 Å². The summed E-state index contributed by atoms with van der Waals surface area (Å²) in [4.78, 5) is -0.0127. The van der Waals surface area contributed by atoms with Gasteiger partial charge in [-0.3, -0.25) is 0 Å². The third kappa shape index (κ3) is 3.65. The van der Waals surface area contributed by atoms with Crippen molar-refractivity contribution in [3.63, 3.8) is 0 Å². The van der Waals surface area contributed by atoms with Crippen molar-refractivity contribution in [1.82, 2.24) is 0 Å². The zero-order valence-corrected chi connectivity index (χ0v) is 8.75. The van der Waals surface area contributed by atoms with Crippen LogP contribution in [-0.4, -0.2) is 17.7 Å². The van der Waals surface area contributed by atoms with Gasteiger partial charge >= 0.3 is 6.18 Å². The number of benzene rings is 1. The molecule has 1 aromatic rings. The van der Waals surface area contributed by atoms with Crippen LogP contribution < -0.4 is 11.1 Å². The number of hydrogen-bond donors (Lipinski definition) is 2. The molecule has 0 amide bonds. The molecule has 0 heterocycles. The van der Waals surface area contributed by atoms with Crippen LogP contribution in [0.3, 0.4) is 0 Å². The second-order valence-electron chi connectivity index (χ2n) is 3.03. The molecule has 0 aliphatic rings. The lowest BCUT2D eigenvalue weighted by Gasteiger charge is -2.10. The minimum atomic E-state index is -4.39. The first kappa shape index (κ1) is 12.7. The molecule has 0 aliphatic carbocycles. The molecule has 16 heavy (non-hydrogen) atoms.